The minimum Gasteiger partial charge on any atom is -0.475 e. The molecule has 2 aliphatic rings. The summed E-state index contributed by atoms with van der Waals surface area (Å²) in [7, 11) is 2.11. The van der Waals surface area contributed by atoms with Gasteiger partial charge in [-0.05, 0) is 46.3 Å². The second-order valence-corrected chi connectivity index (χ2v) is 8.03. The Balaban J connectivity index is 0.000000360. The fourth-order valence-electron chi connectivity index (χ4n) is 3.85. The van der Waals surface area contributed by atoms with Gasteiger partial charge in [0.05, 0.1) is 24.1 Å². The molecule has 1 fully saturated rings. The number of halogens is 3. The first kappa shape index (κ1) is 23.6. The molecule has 0 aromatic carbocycles. The maximum atomic E-state index is 12.6. The number of carbonyl (C=O) groups is 1. The summed E-state index contributed by atoms with van der Waals surface area (Å²) >= 11 is 0. The summed E-state index contributed by atoms with van der Waals surface area (Å²) < 4.78 is 34.6. The topological polar surface area (TPSA) is 123 Å². The van der Waals surface area contributed by atoms with E-state index in [0.29, 0.717) is 12.2 Å². The molecular weight excluding hydrogens is 433 g/mol. The normalized spacial score (nSPS) is 17.5. The Hall–Kier alpha value is -3.09. The molecule has 1 N–H and O–H groups in total. The van der Waals surface area contributed by atoms with Crippen molar-refractivity contribution < 1.29 is 23.1 Å². The second-order valence-electron chi connectivity index (χ2n) is 8.03. The van der Waals surface area contributed by atoms with Crippen LogP contribution in [0.5, 0.6) is 0 Å². The number of alkyl halides is 3. The largest absolute Gasteiger partial charge is 0.490 e. The van der Waals surface area contributed by atoms with Crippen LogP contribution in [0.3, 0.4) is 0 Å². The van der Waals surface area contributed by atoms with Gasteiger partial charge in [-0.1, -0.05) is 0 Å². The van der Waals surface area contributed by atoms with Crippen molar-refractivity contribution >= 4 is 5.97 Å². The van der Waals surface area contributed by atoms with E-state index in [1.54, 1.807) is 17.0 Å². The van der Waals surface area contributed by atoms with Crippen molar-refractivity contribution in [2.24, 2.45) is 0 Å². The third-order valence-corrected chi connectivity index (χ3v) is 5.75. The van der Waals surface area contributed by atoms with E-state index in [1.165, 1.54) is 4.68 Å². The van der Waals surface area contributed by atoms with E-state index >= 15 is 0 Å². The fourth-order valence-corrected chi connectivity index (χ4v) is 3.85. The van der Waals surface area contributed by atoms with Gasteiger partial charge in [0.2, 0.25) is 0 Å². The van der Waals surface area contributed by atoms with Crippen molar-refractivity contribution in [2.45, 2.75) is 50.9 Å². The fraction of sp³-hybridized carbons (Fsp3) is 0.579. The number of likely N-dealkylation sites (tertiary alicyclic amines) is 1. The molecule has 2 aromatic heterocycles. The molecule has 0 unspecified atom stereocenters. The molecule has 0 amide bonds. The zero-order valence-corrected chi connectivity index (χ0v) is 17.6. The number of rotatable bonds is 2. The van der Waals surface area contributed by atoms with E-state index in [2.05, 4.69) is 27.0 Å². The number of aliphatic carboxylic acids is 1. The van der Waals surface area contributed by atoms with Crippen LogP contribution in [-0.2, 0) is 23.3 Å². The summed E-state index contributed by atoms with van der Waals surface area (Å²) in [5.41, 5.74) is 0.292. The Labute approximate surface area is 180 Å². The number of aryl methyl sites for hydroxylation is 1. The average molecular weight is 456 g/mol. The maximum absolute atomic E-state index is 12.6. The van der Waals surface area contributed by atoms with Crippen LogP contribution in [-0.4, -0.2) is 66.6 Å². The molecule has 0 radical (unpaired) electrons. The van der Waals surface area contributed by atoms with Crippen molar-refractivity contribution in [3.63, 3.8) is 0 Å². The van der Waals surface area contributed by atoms with Gasteiger partial charge in [0.15, 0.2) is 0 Å². The molecule has 1 saturated heterocycles. The van der Waals surface area contributed by atoms with Crippen LogP contribution >= 0.6 is 0 Å². The van der Waals surface area contributed by atoms with Gasteiger partial charge < -0.3 is 10.0 Å². The highest BCUT2D eigenvalue weighted by molar-refractivity contribution is 5.73. The van der Waals surface area contributed by atoms with Crippen molar-refractivity contribution in [3.05, 3.63) is 50.3 Å². The Kier molecular flexibility index (Phi) is 6.49. The van der Waals surface area contributed by atoms with E-state index in [4.69, 9.17) is 9.90 Å². The van der Waals surface area contributed by atoms with E-state index in [1.807, 2.05) is 6.92 Å². The number of hydrogen-bond donors (Lipinski definition) is 1. The SMILES string of the molecule is Cc1cnc(Cn2nc3n(c(=O)c2=O)CCC32CCN(C)CC2)cn1.O=C(O)C(F)(F)F. The summed E-state index contributed by atoms with van der Waals surface area (Å²) in [4.78, 5) is 44.7. The van der Waals surface area contributed by atoms with E-state index in [-0.39, 0.29) is 12.0 Å². The monoisotopic (exact) mass is 456 g/mol. The molecule has 2 aliphatic heterocycles. The van der Waals surface area contributed by atoms with Gasteiger partial charge in [0.1, 0.15) is 5.82 Å². The molecule has 13 heteroatoms. The van der Waals surface area contributed by atoms with Crippen molar-refractivity contribution in [2.75, 3.05) is 20.1 Å². The number of nitrogens with zero attached hydrogens (tertiary/aromatic N) is 6. The van der Waals surface area contributed by atoms with Crippen LogP contribution in [0.25, 0.3) is 0 Å². The number of piperidine rings is 1. The van der Waals surface area contributed by atoms with E-state index in [0.717, 1.165) is 43.9 Å². The first-order valence-electron chi connectivity index (χ1n) is 9.91. The molecule has 2 aromatic rings. The first-order chi connectivity index (χ1) is 14.9. The molecule has 32 heavy (non-hydrogen) atoms. The molecule has 0 aliphatic carbocycles. The van der Waals surface area contributed by atoms with Crippen LogP contribution in [0.4, 0.5) is 13.2 Å². The van der Waals surface area contributed by atoms with Crippen LogP contribution < -0.4 is 11.1 Å². The molecule has 1 spiro atoms. The predicted octanol–water partition coefficient (Wildman–Crippen LogP) is 0.552. The number of carboxylic acid groups (broad SMARTS) is 1. The highest BCUT2D eigenvalue weighted by Gasteiger charge is 2.44. The summed E-state index contributed by atoms with van der Waals surface area (Å²) in [5.74, 6) is -1.99. The predicted molar refractivity (Wildman–Crippen MR) is 105 cm³/mol. The third-order valence-electron chi connectivity index (χ3n) is 5.75. The molecule has 0 saturated carbocycles. The number of carboxylic acids is 1. The summed E-state index contributed by atoms with van der Waals surface area (Å²) in [6, 6.07) is 0. The molecular formula is C19H23F3N6O4. The smallest absolute Gasteiger partial charge is 0.475 e. The lowest BCUT2D eigenvalue weighted by atomic mass is 9.77. The Morgan fingerprint density at radius 3 is 2.22 bits per heavy atom. The highest BCUT2D eigenvalue weighted by atomic mass is 19.4. The van der Waals surface area contributed by atoms with Crippen molar-refractivity contribution in [1.82, 2.24) is 29.2 Å². The average Bonchev–Trinajstić information content (AvgIpc) is 3.08. The lowest BCUT2D eigenvalue weighted by Gasteiger charge is -2.36. The van der Waals surface area contributed by atoms with Gasteiger partial charge in [0.25, 0.3) is 0 Å². The maximum Gasteiger partial charge on any atom is 0.490 e. The summed E-state index contributed by atoms with van der Waals surface area (Å²) in [6.45, 7) is 4.58. The summed E-state index contributed by atoms with van der Waals surface area (Å²) in [5, 5.41) is 11.7. The number of fused-ring (bicyclic) bond motifs is 2. The van der Waals surface area contributed by atoms with Gasteiger partial charge in [-0.25, -0.2) is 9.48 Å². The standard InChI is InChI=1S/C17H22N6O2.C2HF3O2/c1-12-9-19-13(10-18-12)11-23-15(25)14(24)22-8-5-17(16(22)20-23)3-6-21(2)7-4-17;3-2(4,5)1(6)7/h9-10H,3-8,11H2,1-2H3;(H,6,7). The highest BCUT2D eigenvalue weighted by Crippen LogP contribution is 2.40. The molecule has 4 rings (SSSR count). The molecule has 0 atom stereocenters. The van der Waals surface area contributed by atoms with Crippen LogP contribution in [0.2, 0.25) is 0 Å². The minimum atomic E-state index is -5.08. The van der Waals surface area contributed by atoms with Gasteiger partial charge in [-0.2, -0.15) is 18.3 Å². The first-order valence-corrected chi connectivity index (χ1v) is 9.91. The van der Waals surface area contributed by atoms with Crippen molar-refractivity contribution in [3.8, 4) is 0 Å². The third kappa shape index (κ3) is 4.87. The lowest BCUT2D eigenvalue weighted by molar-refractivity contribution is -0.192. The van der Waals surface area contributed by atoms with Gasteiger partial charge in [-0.15, -0.1) is 0 Å². The van der Waals surface area contributed by atoms with Gasteiger partial charge in [-0.3, -0.25) is 24.1 Å². The Morgan fingerprint density at radius 2 is 1.69 bits per heavy atom. The molecule has 10 nitrogen and oxygen atoms in total. The quantitative estimate of drug-likeness (QED) is 0.650. The second kappa shape index (κ2) is 8.81. The summed E-state index contributed by atoms with van der Waals surface area (Å²) in [6.07, 6.45) is 1.02. The van der Waals surface area contributed by atoms with Gasteiger partial charge >= 0.3 is 23.3 Å². The van der Waals surface area contributed by atoms with Crippen LogP contribution in [0, 0.1) is 6.92 Å². The van der Waals surface area contributed by atoms with E-state index < -0.39 is 23.3 Å². The molecule has 174 valence electrons. The molecule has 4 heterocycles. The minimum absolute atomic E-state index is 0.0833. The van der Waals surface area contributed by atoms with E-state index in [9.17, 15) is 22.8 Å². The number of hydrogen-bond acceptors (Lipinski definition) is 7. The van der Waals surface area contributed by atoms with Crippen molar-refractivity contribution in [1.29, 1.82) is 0 Å². The zero-order chi connectivity index (χ0) is 23.7. The molecule has 0 bridgehead atoms. The zero-order valence-electron chi connectivity index (χ0n) is 17.6. The van der Waals surface area contributed by atoms with Gasteiger partial charge in [0, 0.05) is 18.2 Å². The Bertz CT molecular complexity index is 1100. The van der Waals surface area contributed by atoms with Crippen LogP contribution in [0.1, 0.15) is 36.5 Å². The van der Waals surface area contributed by atoms with Crippen LogP contribution in [0.15, 0.2) is 22.0 Å². The Morgan fingerprint density at radius 1 is 1.09 bits per heavy atom. The number of aromatic nitrogens is 5. The lowest BCUT2D eigenvalue weighted by Crippen LogP contribution is -2.46.